The van der Waals surface area contributed by atoms with Gasteiger partial charge in [0.15, 0.2) is 0 Å². The molecule has 1 heterocycles. The van der Waals surface area contributed by atoms with Gasteiger partial charge in [0.25, 0.3) is 0 Å². The van der Waals surface area contributed by atoms with Gasteiger partial charge in [-0.25, -0.2) is 0 Å². The number of hydrogen-bond donors (Lipinski definition) is 1. The number of rotatable bonds is 5. The Hall–Kier alpha value is -0.330. The van der Waals surface area contributed by atoms with Crippen molar-refractivity contribution in [3.8, 4) is 0 Å². The van der Waals surface area contributed by atoms with Gasteiger partial charge in [-0.1, -0.05) is 0 Å². The summed E-state index contributed by atoms with van der Waals surface area (Å²) in [5.74, 6) is 0. The van der Waals surface area contributed by atoms with Crippen molar-refractivity contribution >= 4 is 0 Å². The van der Waals surface area contributed by atoms with E-state index in [1.807, 2.05) is 0 Å². The van der Waals surface area contributed by atoms with Crippen LogP contribution in [0.2, 0.25) is 0 Å². The quantitative estimate of drug-likeness (QED) is 0.755. The van der Waals surface area contributed by atoms with Crippen LogP contribution in [0.1, 0.15) is 19.3 Å². The van der Waals surface area contributed by atoms with Crippen molar-refractivity contribution < 1.29 is 17.9 Å². The van der Waals surface area contributed by atoms with Crippen molar-refractivity contribution in [1.29, 1.82) is 0 Å². The Morgan fingerprint density at radius 1 is 1.29 bits per heavy atom. The molecular formula is C11H21F3N2O. The van der Waals surface area contributed by atoms with Gasteiger partial charge in [0.1, 0.15) is 6.61 Å². The van der Waals surface area contributed by atoms with Crippen LogP contribution in [0.5, 0.6) is 0 Å². The molecule has 6 heteroatoms. The van der Waals surface area contributed by atoms with E-state index in [0.717, 1.165) is 32.4 Å². The van der Waals surface area contributed by atoms with Crippen LogP contribution in [0.4, 0.5) is 13.2 Å². The average Bonchev–Trinajstić information content (AvgIpc) is 2.41. The van der Waals surface area contributed by atoms with E-state index in [1.165, 1.54) is 0 Å². The Balaban J connectivity index is 2.02. The fraction of sp³-hybridized carbons (Fsp3) is 1.00. The Morgan fingerprint density at radius 2 is 2.06 bits per heavy atom. The first kappa shape index (κ1) is 14.7. The average molecular weight is 254 g/mol. The molecule has 102 valence electrons. The van der Waals surface area contributed by atoms with E-state index in [2.05, 4.69) is 22.0 Å². The van der Waals surface area contributed by atoms with Gasteiger partial charge in [-0.05, 0) is 39.4 Å². The fourth-order valence-corrected chi connectivity index (χ4v) is 1.97. The minimum atomic E-state index is -4.22. The summed E-state index contributed by atoms with van der Waals surface area (Å²) in [5, 5.41) is 3.25. The topological polar surface area (TPSA) is 24.5 Å². The molecule has 17 heavy (non-hydrogen) atoms. The minimum Gasteiger partial charge on any atom is -0.371 e. The summed E-state index contributed by atoms with van der Waals surface area (Å²) in [6.07, 6.45) is -0.942. The van der Waals surface area contributed by atoms with Gasteiger partial charge in [-0.3, -0.25) is 0 Å². The highest BCUT2D eigenvalue weighted by Gasteiger charge is 2.27. The van der Waals surface area contributed by atoms with E-state index in [0.29, 0.717) is 12.6 Å². The van der Waals surface area contributed by atoms with Gasteiger partial charge in [0.2, 0.25) is 0 Å². The largest absolute Gasteiger partial charge is 0.411 e. The van der Waals surface area contributed by atoms with E-state index in [4.69, 9.17) is 0 Å². The molecular weight excluding hydrogens is 233 g/mol. The third-order valence-electron chi connectivity index (χ3n) is 2.90. The van der Waals surface area contributed by atoms with Gasteiger partial charge < -0.3 is 15.0 Å². The molecule has 0 spiro atoms. The summed E-state index contributed by atoms with van der Waals surface area (Å²) >= 11 is 0. The number of hydrogen-bond acceptors (Lipinski definition) is 3. The van der Waals surface area contributed by atoms with Crippen LogP contribution in [0.25, 0.3) is 0 Å². The Kier molecular flexibility index (Phi) is 6.22. The summed E-state index contributed by atoms with van der Waals surface area (Å²) in [5.41, 5.74) is 0. The fourth-order valence-electron chi connectivity index (χ4n) is 1.97. The van der Waals surface area contributed by atoms with E-state index in [9.17, 15) is 13.2 Å². The molecule has 0 aromatic carbocycles. The lowest BCUT2D eigenvalue weighted by Crippen LogP contribution is -2.33. The molecule has 1 atom stereocenters. The van der Waals surface area contributed by atoms with Crippen molar-refractivity contribution in [2.45, 2.75) is 31.5 Å². The Labute approximate surface area is 100 Å². The standard InChI is InChI=1S/C11H21F3N2O/c1-16-6-2-3-10(4-7-16)15-5-8-17-9-11(12,13)14/h10,15H,2-9H2,1H3. The van der Waals surface area contributed by atoms with Crippen LogP contribution in [0, 0.1) is 0 Å². The second-order valence-electron chi connectivity index (χ2n) is 4.55. The molecule has 0 radical (unpaired) electrons. The van der Waals surface area contributed by atoms with Crippen LogP contribution >= 0.6 is 0 Å². The highest BCUT2D eigenvalue weighted by atomic mass is 19.4. The number of ether oxygens (including phenoxy) is 1. The SMILES string of the molecule is CN1CCCC(NCCOCC(F)(F)F)CC1. The van der Waals surface area contributed by atoms with Gasteiger partial charge in [0, 0.05) is 12.6 Å². The highest BCUT2D eigenvalue weighted by molar-refractivity contribution is 4.73. The van der Waals surface area contributed by atoms with Gasteiger partial charge >= 0.3 is 6.18 Å². The first-order valence-corrected chi connectivity index (χ1v) is 6.04. The van der Waals surface area contributed by atoms with Crippen molar-refractivity contribution in [3.05, 3.63) is 0 Å². The first-order chi connectivity index (χ1) is 7.97. The third-order valence-corrected chi connectivity index (χ3v) is 2.90. The number of nitrogens with zero attached hydrogens (tertiary/aromatic N) is 1. The smallest absolute Gasteiger partial charge is 0.371 e. The van der Waals surface area contributed by atoms with Crippen LogP contribution in [0.3, 0.4) is 0 Å². The molecule has 0 saturated carbocycles. The Bertz CT molecular complexity index is 211. The summed E-state index contributed by atoms with van der Waals surface area (Å²) in [4.78, 5) is 2.28. The van der Waals surface area contributed by atoms with Gasteiger partial charge in [0.05, 0.1) is 6.61 Å². The van der Waals surface area contributed by atoms with Gasteiger partial charge in [-0.15, -0.1) is 0 Å². The maximum atomic E-state index is 11.8. The van der Waals surface area contributed by atoms with E-state index < -0.39 is 12.8 Å². The predicted molar refractivity (Wildman–Crippen MR) is 60.0 cm³/mol. The molecule has 1 N–H and O–H groups in total. The van der Waals surface area contributed by atoms with Crippen molar-refractivity contribution in [2.24, 2.45) is 0 Å². The summed E-state index contributed by atoms with van der Waals surface area (Å²) in [7, 11) is 2.09. The van der Waals surface area contributed by atoms with Gasteiger partial charge in [-0.2, -0.15) is 13.2 Å². The van der Waals surface area contributed by atoms with Crippen LogP contribution < -0.4 is 5.32 Å². The lowest BCUT2D eigenvalue weighted by atomic mass is 10.1. The normalized spacial score (nSPS) is 23.6. The highest BCUT2D eigenvalue weighted by Crippen LogP contribution is 2.14. The second-order valence-corrected chi connectivity index (χ2v) is 4.55. The third kappa shape index (κ3) is 7.57. The molecule has 0 aromatic rings. The molecule has 1 aliphatic rings. The second kappa shape index (κ2) is 7.18. The molecule has 1 saturated heterocycles. The zero-order valence-electron chi connectivity index (χ0n) is 10.2. The van der Waals surface area contributed by atoms with Crippen molar-refractivity contribution in [3.63, 3.8) is 0 Å². The minimum absolute atomic E-state index is 0.117. The van der Waals surface area contributed by atoms with E-state index in [-0.39, 0.29) is 6.61 Å². The summed E-state index contributed by atoms with van der Waals surface area (Å²) < 4.78 is 39.9. The maximum absolute atomic E-state index is 11.8. The number of nitrogens with one attached hydrogen (secondary N) is 1. The molecule has 0 bridgehead atoms. The summed E-state index contributed by atoms with van der Waals surface area (Å²) in [6, 6.07) is 0.412. The lowest BCUT2D eigenvalue weighted by Gasteiger charge is -2.17. The zero-order chi connectivity index (χ0) is 12.7. The van der Waals surface area contributed by atoms with E-state index in [1.54, 1.807) is 0 Å². The molecule has 1 fully saturated rings. The molecule has 1 unspecified atom stereocenters. The number of likely N-dealkylation sites (tertiary alicyclic amines) is 1. The molecule has 3 nitrogen and oxygen atoms in total. The van der Waals surface area contributed by atoms with Crippen LogP contribution in [-0.2, 0) is 4.74 Å². The zero-order valence-corrected chi connectivity index (χ0v) is 10.2. The molecule has 1 rings (SSSR count). The monoisotopic (exact) mass is 254 g/mol. The molecule has 1 aliphatic heterocycles. The Morgan fingerprint density at radius 3 is 2.76 bits per heavy atom. The van der Waals surface area contributed by atoms with E-state index >= 15 is 0 Å². The summed E-state index contributed by atoms with van der Waals surface area (Å²) in [6.45, 7) is 1.60. The molecule has 0 aliphatic carbocycles. The molecule has 0 amide bonds. The number of alkyl halides is 3. The predicted octanol–water partition coefficient (Wildman–Crippen LogP) is 1.64. The molecule has 0 aromatic heterocycles. The van der Waals surface area contributed by atoms with Crippen molar-refractivity contribution in [2.75, 3.05) is 39.9 Å². The first-order valence-electron chi connectivity index (χ1n) is 6.04. The van der Waals surface area contributed by atoms with Crippen LogP contribution in [0.15, 0.2) is 0 Å². The maximum Gasteiger partial charge on any atom is 0.411 e. The number of halogens is 3. The van der Waals surface area contributed by atoms with Crippen molar-refractivity contribution in [1.82, 2.24) is 10.2 Å². The van der Waals surface area contributed by atoms with Crippen LogP contribution in [-0.4, -0.2) is 57.0 Å². The lowest BCUT2D eigenvalue weighted by molar-refractivity contribution is -0.173.